The molecule has 2 N–H and O–H groups in total. The van der Waals surface area contributed by atoms with Crippen LogP contribution in [0.2, 0.25) is 0 Å². The van der Waals surface area contributed by atoms with Crippen LogP contribution < -0.4 is 26.9 Å². The zero-order valence-corrected chi connectivity index (χ0v) is 12.8. The maximum absolute atomic E-state index is 12.4. The number of nitrogens with one attached hydrogen (secondary N) is 1. The Morgan fingerprint density at radius 2 is 1.83 bits per heavy atom. The summed E-state index contributed by atoms with van der Waals surface area (Å²) >= 11 is 0. The summed E-state index contributed by atoms with van der Waals surface area (Å²) < 4.78 is 2.14. The smallest absolute Gasteiger partial charge is 0.418 e. The van der Waals surface area contributed by atoms with Crippen LogP contribution >= 0.6 is 0 Å². The maximum Gasteiger partial charge on any atom is 0.418 e. The first kappa shape index (κ1) is 15.6. The van der Waals surface area contributed by atoms with E-state index in [1.807, 2.05) is 30.3 Å². The first-order valence-electron chi connectivity index (χ1n) is 7.17. The van der Waals surface area contributed by atoms with Gasteiger partial charge in [0.05, 0.1) is 12.0 Å². The predicted octanol–water partition coefficient (Wildman–Crippen LogP) is -3.54. The second-order valence-corrected chi connectivity index (χ2v) is 5.45. The molecule has 8 heteroatoms. The molecule has 0 radical (unpaired) electrons. The quantitative estimate of drug-likeness (QED) is 0.604. The summed E-state index contributed by atoms with van der Waals surface area (Å²) in [4.78, 5) is 50.3. The van der Waals surface area contributed by atoms with Gasteiger partial charge in [0.15, 0.2) is 0 Å². The van der Waals surface area contributed by atoms with Crippen molar-refractivity contribution >= 4 is 17.4 Å². The number of aromatic nitrogens is 2. The van der Waals surface area contributed by atoms with E-state index >= 15 is 0 Å². The molecule has 0 spiro atoms. The second kappa shape index (κ2) is 5.73. The van der Waals surface area contributed by atoms with Gasteiger partial charge in [-0.3, -0.25) is 9.59 Å². The highest BCUT2D eigenvalue weighted by Crippen LogP contribution is 1.99. The third kappa shape index (κ3) is 2.47. The van der Waals surface area contributed by atoms with Crippen molar-refractivity contribution in [2.75, 3.05) is 0 Å². The Kier molecular flexibility index (Phi) is 3.72. The molecule has 1 amide bonds. The molecular weight excluding hydrogens is 314 g/mol. The van der Waals surface area contributed by atoms with Gasteiger partial charge < -0.3 is 5.11 Å². The molecule has 0 saturated carbocycles. The Morgan fingerprint density at radius 3 is 2.46 bits per heavy atom. The van der Waals surface area contributed by atoms with Gasteiger partial charge in [-0.05, 0) is 5.56 Å². The number of aliphatic carboxylic acids is 1. The molecule has 1 aromatic carbocycles. The number of rotatable bonds is 4. The normalized spacial score (nSPS) is 12.9. The van der Waals surface area contributed by atoms with Gasteiger partial charge >= 0.3 is 17.6 Å². The van der Waals surface area contributed by atoms with E-state index in [2.05, 4.69) is 4.99 Å². The predicted molar refractivity (Wildman–Crippen MR) is 81.5 cm³/mol. The van der Waals surface area contributed by atoms with Gasteiger partial charge in [0, 0.05) is 7.05 Å². The second-order valence-electron chi connectivity index (χ2n) is 5.45. The van der Waals surface area contributed by atoms with Crippen LogP contribution in [0.25, 0.3) is 5.57 Å². The molecular formula is C16H14N3O5+. The van der Waals surface area contributed by atoms with E-state index in [0.29, 0.717) is 0 Å². The zero-order valence-electron chi connectivity index (χ0n) is 12.8. The van der Waals surface area contributed by atoms with Gasteiger partial charge in [-0.25, -0.2) is 19.1 Å². The molecule has 122 valence electrons. The van der Waals surface area contributed by atoms with Gasteiger partial charge in [0.2, 0.25) is 0 Å². The van der Waals surface area contributed by atoms with Gasteiger partial charge in [-0.1, -0.05) is 30.3 Å². The van der Waals surface area contributed by atoms with Gasteiger partial charge in [0.25, 0.3) is 11.0 Å². The van der Waals surface area contributed by atoms with E-state index in [-0.39, 0.29) is 22.8 Å². The fourth-order valence-corrected chi connectivity index (χ4v) is 2.70. The van der Waals surface area contributed by atoms with Gasteiger partial charge in [-0.15, -0.1) is 0 Å². The molecule has 1 aliphatic rings. The molecule has 2 heterocycles. The lowest BCUT2D eigenvalue weighted by Crippen LogP contribution is -2.83. The minimum Gasteiger partial charge on any atom is -0.481 e. The average Bonchev–Trinajstić information content (AvgIpc) is 2.86. The third-order valence-electron chi connectivity index (χ3n) is 3.86. The number of carbonyl (C=O) groups is 2. The van der Waals surface area contributed by atoms with Crippen LogP contribution in [0.4, 0.5) is 0 Å². The van der Waals surface area contributed by atoms with Crippen molar-refractivity contribution in [3.8, 4) is 0 Å². The molecule has 0 unspecified atom stereocenters. The van der Waals surface area contributed by atoms with Crippen molar-refractivity contribution in [2.24, 2.45) is 7.05 Å². The Hall–Kier alpha value is -3.29. The number of nitrogens with zero attached hydrogens (tertiary/aromatic N) is 2. The average molecular weight is 328 g/mol. The lowest BCUT2D eigenvalue weighted by atomic mass is 10.1. The molecule has 1 aromatic heterocycles. The zero-order chi connectivity index (χ0) is 17.4. The number of carboxylic acid groups (broad SMARTS) is 1. The van der Waals surface area contributed by atoms with Crippen LogP contribution in [-0.2, 0) is 23.2 Å². The van der Waals surface area contributed by atoms with Crippen molar-refractivity contribution in [3.05, 3.63) is 67.4 Å². The lowest BCUT2D eigenvalue weighted by Gasteiger charge is -2.02. The van der Waals surface area contributed by atoms with E-state index in [1.165, 1.54) is 11.6 Å². The standard InChI is InChI=1S/C16H13N3O5/c1-18-15(23)12-10(7-11(20)21)14(22)17-13(12)19(16(18)24)8-9-5-3-2-4-6-9/h2-6H,7-8H2,1H3,(H,20,21)/p+1. The van der Waals surface area contributed by atoms with Gasteiger partial charge in [-0.2, -0.15) is 4.57 Å². The summed E-state index contributed by atoms with van der Waals surface area (Å²) in [5, 5.41) is 8.90. The summed E-state index contributed by atoms with van der Waals surface area (Å²) in [7, 11) is 1.30. The Bertz CT molecular complexity index is 1090. The topological polar surface area (TPSA) is 112 Å². The Balaban J connectivity index is 2.35. The van der Waals surface area contributed by atoms with Crippen molar-refractivity contribution in [2.45, 2.75) is 13.0 Å². The molecule has 0 bridgehead atoms. The maximum atomic E-state index is 12.4. The number of carbonyl (C=O) groups excluding carboxylic acids is 1. The lowest BCUT2D eigenvalue weighted by molar-refractivity contribution is -0.412. The van der Waals surface area contributed by atoms with Crippen LogP contribution in [0.5, 0.6) is 0 Å². The number of fused-ring (bicyclic) bond motifs is 1. The molecule has 2 aromatic rings. The van der Waals surface area contributed by atoms with Crippen molar-refractivity contribution < 1.29 is 19.7 Å². The van der Waals surface area contributed by atoms with Crippen LogP contribution in [-0.4, -0.2) is 26.1 Å². The van der Waals surface area contributed by atoms with Crippen molar-refractivity contribution in [3.63, 3.8) is 0 Å². The highest BCUT2D eigenvalue weighted by molar-refractivity contribution is 6.12. The molecule has 0 saturated heterocycles. The van der Waals surface area contributed by atoms with E-state index in [0.717, 1.165) is 10.1 Å². The summed E-state index contributed by atoms with van der Waals surface area (Å²) in [5.41, 5.74) is -0.553. The highest BCUT2D eigenvalue weighted by atomic mass is 16.4. The van der Waals surface area contributed by atoms with Gasteiger partial charge in [0.1, 0.15) is 11.8 Å². The minimum atomic E-state index is -1.23. The monoisotopic (exact) mass is 328 g/mol. The fourth-order valence-electron chi connectivity index (χ4n) is 2.70. The van der Waals surface area contributed by atoms with Crippen molar-refractivity contribution in [1.29, 1.82) is 0 Å². The number of hydrogen-bond acceptors (Lipinski definition) is 4. The van der Waals surface area contributed by atoms with E-state index in [9.17, 15) is 19.2 Å². The summed E-state index contributed by atoms with van der Waals surface area (Å²) in [5.74, 6) is -1.90. The van der Waals surface area contributed by atoms with Crippen LogP contribution in [0.3, 0.4) is 0 Å². The Labute approximate surface area is 134 Å². The molecule has 8 nitrogen and oxygen atoms in total. The van der Waals surface area contributed by atoms with Crippen LogP contribution in [0.1, 0.15) is 12.0 Å². The number of benzene rings is 1. The highest BCUT2D eigenvalue weighted by Gasteiger charge is 2.29. The molecule has 3 rings (SSSR count). The molecule has 0 atom stereocenters. The molecule has 1 aliphatic heterocycles. The Morgan fingerprint density at radius 1 is 1.17 bits per heavy atom. The summed E-state index contributed by atoms with van der Waals surface area (Å²) in [6.45, 7) is 0.150. The SMILES string of the molecule is Cn1c(=O)c2c(n(Cc3ccccc3)c1=O)=[NH+]C(=O)C=2CC(=O)O. The molecule has 0 aliphatic carbocycles. The number of carboxylic acids is 1. The number of amides is 1. The summed E-state index contributed by atoms with van der Waals surface area (Å²) in [6.07, 6.45) is -0.586. The first-order chi connectivity index (χ1) is 11.4. The molecule has 0 fully saturated rings. The van der Waals surface area contributed by atoms with Crippen LogP contribution in [0, 0.1) is 0 Å². The number of hydrogen-bond donors (Lipinski definition) is 2. The third-order valence-corrected chi connectivity index (χ3v) is 3.86. The van der Waals surface area contributed by atoms with E-state index < -0.39 is 29.5 Å². The fraction of sp³-hybridized carbons (Fsp3) is 0.188. The first-order valence-corrected chi connectivity index (χ1v) is 7.17. The van der Waals surface area contributed by atoms with Crippen molar-refractivity contribution in [1.82, 2.24) is 9.13 Å². The van der Waals surface area contributed by atoms with E-state index in [4.69, 9.17) is 5.11 Å². The van der Waals surface area contributed by atoms with Crippen LogP contribution in [0.15, 0.2) is 39.9 Å². The minimum absolute atomic E-state index is 0.0493. The molecule has 24 heavy (non-hydrogen) atoms. The van der Waals surface area contributed by atoms with E-state index in [1.54, 1.807) is 0 Å². The summed E-state index contributed by atoms with van der Waals surface area (Å²) in [6, 6.07) is 9.06. The largest absolute Gasteiger partial charge is 0.481 e.